The SMILES string of the molecule is CC[C@H]1OC(=O)[C@H](C)[C@@H](O[C@H]2C[C@@](C)(OC)[C@@H](OC(=O)NCCCOC(C)C)[C@H](C)O2)[C@H](C)[C@@H](O[C@@H]2O[C@H](C)C[C@H](N(C)C)[C@H]2O)[C@](C)(OC)C[C@@H](C)C(=O)[C@H](C)[C@@H](OC)[C@]1(C)O. The van der Waals surface area contributed by atoms with Crippen molar-refractivity contribution in [3.05, 3.63) is 0 Å². The molecule has 368 valence electrons. The zero-order valence-electron chi connectivity index (χ0n) is 41.3. The molecule has 3 aliphatic heterocycles. The van der Waals surface area contributed by atoms with Crippen LogP contribution in [0.1, 0.15) is 115 Å². The molecule has 3 aliphatic rings. The number of amides is 1. The Morgan fingerprint density at radius 1 is 0.905 bits per heavy atom. The van der Waals surface area contributed by atoms with Crippen molar-refractivity contribution in [3.8, 4) is 0 Å². The maximum Gasteiger partial charge on any atom is 0.407 e. The third-order valence-electron chi connectivity index (χ3n) is 13.7. The molecule has 18 atom stereocenters. The summed E-state index contributed by atoms with van der Waals surface area (Å²) in [5, 5.41) is 26.6. The number of cyclic esters (lactones) is 1. The number of aliphatic hydroxyl groups is 2. The monoisotopic (exact) mass is 905 g/mol. The van der Waals surface area contributed by atoms with Gasteiger partial charge in [-0.1, -0.05) is 27.7 Å². The van der Waals surface area contributed by atoms with Gasteiger partial charge in [-0.3, -0.25) is 9.59 Å². The van der Waals surface area contributed by atoms with Gasteiger partial charge in [-0.15, -0.1) is 0 Å². The lowest BCUT2D eigenvalue weighted by atomic mass is 9.73. The Kier molecular flexibility index (Phi) is 20.7. The Balaban J connectivity index is 2.13. The summed E-state index contributed by atoms with van der Waals surface area (Å²) in [5.41, 5.74) is -4.13. The van der Waals surface area contributed by atoms with Crippen LogP contribution in [0.2, 0.25) is 0 Å². The molecule has 17 heteroatoms. The number of nitrogens with zero attached hydrogens (tertiary/aromatic N) is 1. The maximum atomic E-state index is 14.6. The maximum absolute atomic E-state index is 14.6. The van der Waals surface area contributed by atoms with Crippen LogP contribution in [0, 0.1) is 23.7 Å². The summed E-state index contributed by atoms with van der Waals surface area (Å²) < 4.78 is 62.6. The predicted molar refractivity (Wildman–Crippen MR) is 234 cm³/mol. The van der Waals surface area contributed by atoms with Gasteiger partial charge in [-0.2, -0.15) is 0 Å². The molecule has 17 nitrogen and oxygen atoms in total. The molecule has 0 saturated carbocycles. The van der Waals surface area contributed by atoms with E-state index in [2.05, 4.69) is 5.32 Å². The number of ketones is 1. The molecule has 0 unspecified atom stereocenters. The summed E-state index contributed by atoms with van der Waals surface area (Å²) in [6, 6.07) is -0.298. The first-order valence-electron chi connectivity index (χ1n) is 22.9. The van der Waals surface area contributed by atoms with E-state index in [-0.39, 0.29) is 43.3 Å². The molecular formula is C46H84N2O15. The van der Waals surface area contributed by atoms with Gasteiger partial charge in [0.15, 0.2) is 18.7 Å². The number of nitrogens with one attached hydrogen (secondary N) is 1. The molecule has 0 aliphatic carbocycles. The Morgan fingerprint density at radius 3 is 2.08 bits per heavy atom. The molecule has 3 heterocycles. The molecule has 0 bridgehead atoms. The average molecular weight is 905 g/mol. The van der Waals surface area contributed by atoms with Crippen molar-refractivity contribution in [2.24, 2.45) is 23.7 Å². The zero-order chi connectivity index (χ0) is 47.8. The average Bonchev–Trinajstić information content (AvgIpc) is 3.21. The van der Waals surface area contributed by atoms with Crippen molar-refractivity contribution >= 4 is 17.8 Å². The minimum atomic E-state index is -1.77. The zero-order valence-corrected chi connectivity index (χ0v) is 41.3. The van der Waals surface area contributed by atoms with Gasteiger partial charge in [-0.25, -0.2) is 4.79 Å². The summed E-state index contributed by atoms with van der Waals surface area (Å²) in [5.74, 6) is -4.09. The van der Waals surface area contributed by atoms with Gasteiger partial charge in [0.25, 0.3) is 0 Å². The lowest BCUT2D eigenvalue weighted by molar-refractivity contribution is -0.319. The fraction of sp³-hybridized carbons (Fsp3) is 0.935. The van der Waals surface area contributed by atoms with Crippen LogP contribution in [0.3, 0.4) is 0 Å². The number of ether oxygens (including phenoxy) is 10. The van der Waals surface area contributed by atoms with Gasteiger partial charge in [0.1, 0.15) is 29.2 Å². The number of carbonyl (C=O) groups is 3. The number of hydrogen-bond donors (Lipinski definition) is 3. The highest BCUT2D eigenvalue weighted by Crippen LogP contribution is 2.42. The van der Waals surface area contributed by atoms with Crippen molar-refractivity contribution in [3.63, 3.8) is 0 Å². The predicted octanol–water partition coefficient (Wildman–Crippen LogP) is 4.64. The van der Waals surface area contributed by atoms with Gasteiger partial charge in [0.2, 0.25) is 0 Å². The second-order valence-corrected chi connectivity index (χ2v) is 19.4. The minimum absolute atomic E-state index is 0.0823. The van der Waals surface area contributed by atoms with Crippen molar-refractivity contribution in [2.75, 3.05) is 48.6 Å². The highest BCUT2D eigenvalue weighted by molar-refractivity contribution is 5.83. The molecule has 1 amide bonds. The van der Waals surface area contributed by atoms with Crippen LogP contribution < -0.4 is 5.32 Å². The third-order valence-corrected chi connectivity index (χ3v) is 13.7. The van der Waals surface area contributed by atoms with Gasteiger partial charge in [-0.05, 0) is 95.2 Å². The number of hydrogen-bond acceptors (Lipinski definition) is 16. The summed E-state index contributed by atoms with van der Waals surface area (Å²) >= 11 is 0. The van der Waals surface area contributed by atoms with Crippen LogP contribution in [0.25, 0.3) is 0 Å². The third kappa shape index (κ3) is 13.5. The highest BCUT2D eigenvalue weighted by atomic mass is 16.7. The van der Waals surface area contributed by atoms with E-state index in [9.17, 15) is 24.6 Å². The molecule has 0 radical (unpaired) electrons. The van der Waals surface area contributed by atoms with Crippen LogP contribution >= 0.6 is 0 Å². The van der Waals surface area contributed by atoms with E-state index in [0.29, 0.717) is 26.0 Å². The number of Topliss-reactive ketones (excluding diaryl/α,β-unsaturated/α-hetero) is 1. The smallest absolute Gasteiger partial charge is 0.407 e. The molecule has 0 spiro atoms. The molecular weight excluding hydrogens is 821 g/mol. The van der Waals surface area contributed by atoms with Gasteiger partial charge >= 0.3 is 12.1 Å². The van der Waals surface area contributed by atoms with Crippen molar-refractivity contribution in [1.82, 2.24) is 10.2 Å². The summed E-state index contributed by atoms with van der Waals surface area (Å²) in [6.45, 7) is 22.4. The quantitative estimate of drug-likeness (QED) is 0.152. The Morgan fingerprint density at radius 2 is 1.52 bits per heavy atom. The van der Waals surface area contributed by atoms with E-state index in [1.165, 1.54) is 28.3 Å². The topological polar surface area (TPSA) is 199 Å². The number of likely N-dealkylation sites (N-methyl/N-ethyl adjacent to an activating group) is 1. The number of rotatable bonds is 15. The second kappa shape index (κ2) is 23.6. The molecule has 0 aromatic heterocycles. The van der Waals surface area contributed by atoms with Crippen LogP contribution in [0.15, 0.2) is 0 Å². The molecule has 3 N–H and O–H groups in total. The van der Waals surface area contributed by atoms with E-state index < -0.39 is 108 Å². The number of aliphatic hydroxyl groups excluding tert-OH is 1. The van der Waals surface area contributed by atoms with Crippen LogP contribution in [-0.4, -0.2) is 172 Å². The largest absolute Gasteiger partial charge is 0.459 e. The van der Waals surface area contributed by atoms with Gasteiger partial charge in [0.05, 0.1) is 48.1 Å². The van der Waals surface area contributed by atoms with E-state index in [0.717, 1.165) is 0 Å². The fourth-order valence-corrected chi connectivity index (χ4v) is 9.96. The number of esters is 1. The Hall–Kier alpha value is -2.03. The highest BCUT2D eigenvalue weighted by Gasteiger charge is 2.55. The van der Waals surface area contributed by atoms with Crippen LogP contribution in [0.5, 0.6) is 0 Å². The minimum Gasteiger partial charge on any atom is -0.459 e. The first kappa shape index (κ1) is 55.3. The van der Waals surface area contributed by atoms with Crippen LogP contribution in [-0.2, 0) is 57.0 Å². The van der Waals surface area contributed by atoms with Crippen molar-refractivity contribution in [1.29, 1.82) is 0 Å². The van der Waals surface area contributed by atoms with E-state index in [4.69, 9.17) is 47.4 Å². The van der Waals surface area contributed by atoms with E-state index >= 15 is 0 Å². The number of methoxy groups -OCH3 is 3. The van der Waals surface area contributed by atoms with E-state index in [1.807, 2.05) is 60.5 Å². The molecule has 0 aromatic rings. The Bertz CT molecular complexity index is 1450. The first-order chi connectivity index (χ1) is 29.3. The molecule has 3 saturated heterocycles. The number of alkyl carbamates (subject to hydrolysis) is 1. The molecule has 3 fully saturated rings. The number of carbonyl (C=O) groups excluding carboxylic acids is 3. The Labute approximate surface area is 377 Å². The second-order valence-electron chi connectivity index (χ2n) is 19.4. The van der Waals surface area contributed by atoms with Gasteiger partial charge < -0.3 is 67.8 Å². The lowest BCUT2D eigenvalue weighted by Gasteiger charge is -2.50. The normalized spacial score (nSPS) is 42.5. The first-order valence-corrected chi connectivity index (χ1v) is 22.9. The summed E-state index contributed by atoms with van der Waals surface area (Å²) in [6.07, 6.45) is -8.11. The molecule has 3 rings (SSSR count). The summed E-state index contributed by atoms with van der Waals surface area (Å²) in [4.78, 5) is 43.9. The standard InChI is InChI=1S/C46H84N2O15/c1-18-33-46(12,53)39(54-15)28(6)35(49)26(4)23-44(10,55-16)38(62-42-36(50)32(48(13)14)22-27(5)58-42)29(7)37(30(8)41(51)60-33)61-34-24-45(11,56-17)40(31(9)59-34)63-43(52)47-20-19-21-57-25(2)3/h25-34,36-40,42,50,53H,18-24H2,1-17H3,(H,47,52)/t26-,27-,28+,29+,30-,31+,32+,33-,34+,36-,37+,38-,39-,40+,42+,44-,45-,46-/m1/s1. The summed E-state index contributed by atoms with van der Waals surface area (Å²) in [7, 11) is 8.25. The van der Waals surface area contributed by atoms with Gasteiger partial charge in [0, 0.05) is 64.7 Å². The van der Waals surface area contributed by atoms with Crippen molar-refractivity contribution in [2.45, 2.75) is 206 Å². The van der Waals surface area contributed by atoms with E-state index in [1.54, 1.807) is 34.6 Å². The molecule has 63 heavy (non-hydrogen) atoms. The molecule has 0 aromatic carbocycles. The van der Waals surface area contributed by atoms with Crippen LogP contribution in [0.4, 0.5) is 4.79 Å². The van der Waals surface area contributed by atoms with Crippen molar-refractivity contribution < 1.29 is 72.0 Å². The lowest BCUT2D eigenvalue weighted by Crippen LogP contribution is -2.62. The fourth-order valence-electron chi connectivity index (χ4n) is 9.96.